The highest BCUT2D eigenvalue weighted by Crippen LogP contribution is 2.47. The molecule has 0 unspecified atom stereocenters. The van der Waals surface area contributed by atoms with Crippen molar-refractivity contribution in [1.82, 2.24) is 9.78 Å². The molecule has 21 heavy (non-hydrogen) atoms. The second kappa shape index (κ2) is 5.92. The van der Waals surface area contributed by atoms with Gasteiger partial charge in [0.15, 0.2) is 0 Å². The lowest BCUT2D eigenvalue weighted by Crippen LogP contribution is -2.39. The summed E-state index contributed by atoms with van der Waals surface area (Å²) in [6.45, 7) is 9.86. The van der Waals surface area contributed by atoms with E-state index in [0.29, 0.717) is 5.41 Å². The minimum atomic E-state index is 0.208. The Morgan fingerprint density at radius 1 is 1.33 bits per heavy atom. The Morgan fingerprint density at radius 3 is 2.29 bits per heavy atom. The third kappa shape index (κ3) is 3.45. The van der Waals surface area contributed by atoms with Crippen molar-refractivity contribution in [2.24, 2.45) is 29.5 Å². The second-order valence-electron chi connectivity index (χ2n) is 8.00. The number of nitrogens with zero attached hydrogens (tertiary/aromatic N) is 2. The molecule has 0 saturated heterocycles. The fraction of sp³-hybridized carbons (Fsp3) is 0.824. The predicted molar refractivity (Wildman–Crippen MR) is 89.6 cm³/mol. The molecule has 1 aliphatic carbocycles. The molecule has 1 aromatic rings. The molecule has 1 aromatic heterocycles. The average Bonchev–Trinajstić information content (AvgIpc) is 2.65. The van der Waals surface area contributed by atoms with E-state index in [2.05, 4.69) is 25.9 Å². The normalized spacial score (nSPS) is 27.1. The number of hydrogen-bond donors (Lipinski definition) is 1. The first-order chi connectivity index (χ1) is 9.68. The quantitative estimate of drug-likeness (QED) is 0.913. The highest BCUT2D eigenvalue weighted by molar-refractivity contribution is 6.30. The third-order valence-corrected chi connectivity index (χ3v) is 6.00. The van der Waals surface area contributed by atoms with Crippen LogP contribution in [-0.2, 0) is 13.5 Å². The Balaban J connectivity index is 2.14. The van der Waals surface area contributed by atoms with Crippen LogP contribution in [0.5, 0.6) is 0 Å². The van der Waals surface area contributed by atoms with Crippen LogP contribution in [0.1, 0.15) is 57.7 Å². The van der Waals surface area contributed by atoms with Crippen LogP contribution in [0.4, 0.5) is 0 Å². The molecule has 0 amide bonds. The Bertz CT molecular complexity index is 491. The highest BCUT2D eigenvalue weighted by Gasteiger charge is 2.39. The van der Waals surface area contributed by atoms with Gasteiger partial charge in [-0.3, -0.25) is 4.68 Å². The Morgan fingerprint density at radius 2 is 1.90 bits per heavy atom. The molecular formula is C17H30ClN3. The summed E-state index contributed by atoms with van der Waals surface area (Å²) in [4.78, 5) is 0. The Labute approximate surface area is 134 Å². The van der Waals surface area contributed by atoms with E-state index in [0.717, 1.165) is 29.7 Å². The lowest BCUT2D eigenvalue weighted by molar-refractivity contribution is 0.0925. The number of nitrogens with two attached hydrogens (primary N) is 1. The van der Waals surface area contributed by atoms with Gasteiger partial charge >= 0.3 is 0 Å². The van der Waals surface area contributed by atoms with E-state index in [4.69, 9.17) is 17.3 Å². The molecule has 3 nitrogen and oxygen atoms in total. The fourth-order valence-corrected chi connectivity index (χ4v) is 4.04. The summed E-state index contributed by atoms with van der Waals surface area (Å²) in [6, 6.07) is 0. The first-order valence-corrected chi connectivity index (χ1v) is 8.44. The first-order valence-electron chi connectivity index (χ1n) is 8.06. The van der Waals surface area contributed by atoms with Gasteiger partial charge in [0.25, 0.3) is 0 Å². The maximum absolute atomic E-state index is 6.41. The van der Waals surface area contributed by atoms with Crippen molar-refractivity contribution in [3.63, 3.8) is 0 Å². The van der Waals surface area contributed by atoms with Crippen molar-refractivity contribution in [1.29, 1.82) is 0 Å². The monoisotopic (exact) mass is 311 g/mol. The largest absolute Gasteiger partial charge is 0.330 e. The van der Waals surface area contributed by atoms with Gasteiger partial charge in [-0.25, -0.2) is 0 Å². The first kappa shape index (κ1) is 16.8. The minimum Gasteiger partial charge on any atom is -0.330 e. The molecule has 120 valence electrons. The summed E-state index contributed by atoms with van der Waals surface area (Å²) in [7, 11) is 1.91. The van der Waals surface area contributed by atoms with Gasteiger partial charge in [-0.2, -0.15) is 5.10 Å². The topological polar surface area (TPSA) is 43.8 Å². The van der Waals surface area contributed by atoms with Gasteiger partial charge in [-0.1, -0.05) is 32.4 Å². The Kier molecular flexibility index (Phi) is 4.75. The molecule has 2 N–H and O–H groups in total. The third-order valence-electron chi connectivity index (χ3n) is 5.53. The van der Waals surface area contributed by atoms with Gasteiger partial charge in [0.05, 0.1) is 5.69 Å². The number of aromatic nitrogens is 2. The van der Waals surface area contributed by atoms with E-state index >= 15 is 0 Å². The number of rotatable bonds is 3. The van der Waals surface area contributed by atoms with E-state index in [-0.39, 0.29) is 5.41 Å². The van der Waals surface area contributed by atoms with Crippen molar-refractivity contribution >= 4 is 11.6 Å². The molecule has 2 rings (SSSR count). The second-order valence-corrected chi connectivity index (χ2v) is 8.36. The van der Waals surface area contributed by atoms with Gasteiger partial charge in [-0.15, -0.1) is 0 Å². The van der Waals surface area contributed by atoms with Crippen molar-refractivity contribution in [2.45, 2.75) is 59.8 Å². The number of halogens is 1. The lowest BCUT2D eigenvalue weighted by Gasteiger charge is -2.43. The van der Waals surface area contributed by atoms with Crippen LogP contribution < -0.4 is 5.73 Å². The molecule has 0 aliphatic heterocycles. The van der Waals surface area contributed by atoms with Crippen LogP contribution in [-0.4, -0.2) is 16.3 Å². The van der Waals surface area contributed by atoms with Gasteiger partial charge in [0.2, 0.25) is 0 Å². The van der Waals surface area contributed by atoms with Crippen LogP contribution in [0, 0.1) is 23.7 Å². The van der Waals surface area contributed by atoms with E-state index in [1.165, 1.54) is 31.2 Å². The highest BCUT2D eigenvalue weighted by atomic mass is 35.5. The molecule has 0 radical (unpaired) electrons. The molecule has 1 saturated carbocycles. The van der Waals surface area contributed by atoms with Crippen LogP contribution in [0.3, 0.4) is 0 Å². The molecule has 0 bridgehead atoms. The summed E-state index contributed by atoms with van der Waals surface area (Å²) >= 11 is 6.41. The van der Waals surface area contributed by atoms with Crippen molar-refractivity contribution in [3.8, 4) is 0 Å². The molecule has 1 aliphatic rings. The van der Waals surface area contributed by atoms with Crippen LogP contribution in [0.25, 0.3) is 0 Å². The summed E-state index contributed by atoms with van der Waals surface area (Å²) < 4.78 is 1.78. The fourth-order valence-electron chi connectivity index (χ4n) is 3.80. The maximum Gasteiger partial charge on any atom is 0.130 e. The molecular weight excluding hydrogens is 282 g/mol. The van der Waals surface area contributed by atoms with Crippen LogP contribution >= 0.6 is 11.6 Å². The predicted octanol–water partition coefficient (Wildman–Crippen LogP) is 4.11. The zero-order valence-electron chi connectivity index (χ0n) is 14.2. The van der Waals surface area contributed by atoms with Crippen molar-refractivity contribution < 1.29 is 0 Å². The van der Waals surface area contributed by atoms with Crippen LogP contribution in [0.2, 0.25) is 5.15 Å². The van der Waals surface area contributed by atoms with Gasteiger partial charge in [0.1, 0.15) is 5.15 Å². The van der Waals surface area contributed by atoms with Crippen LogP contribution in [0.15, 0.2) is 0 Å². The van der Waals surface area contributed by atoms with E-state index in [1.54, 1.807) is 4.68 Å². The summed E-state index contributed by atoms with van der Waals surface area (Å²) in [5.74, 6) is 0.808. The van der Waals surface area contributed by atoms with E-state index < -0.39 is 0 Å². The van der Waals surface area contributed by atoms with Gasteiger partial charge in [-0.05, 0) is 62.3 Å². The summed E-state index contributed by atoms with van der Waals surface area (Å²) in [6.07, 6.45) is 5.93. The zero-order valence-corrected chi connectivity index (χ0v) is 14.9. The van der Waals surface area contributed by atoms with Crippen molar-refractivity contribution in [2.75, 3.05) is 6.54 Å². The molecule has 4 heteroatoms. The average molecular weight is 312 g/mol. The standard InChI is InChI=1S/C17H30ClN3/c1-12-14(15(18)21(5)20-12)10-17(11-19)8-6-13(7-9-17)16(2,3)4/h13H,6-11,19H2,1-5H3. The molecule has 1 heterocycles. The van der Waals surface area contributed by atoms with E-state index in [1.807, 2.05) is 14.0 Å². The minimum absolute atomic E-state index is 0.208. The molecule has 1 fully saturated rings. The van der Waals surface area contributed by atoms with E-state index in [9.17, 15) is 0 Å². The molecule has 0 spiro atoms. The zero-order chi connectivity index (χ0) is 15.8. The molecule has 0 atom stereocenters. The molecule has 0 aromatic carbocycles. The van der Waals surface area contributed by atoms with Crippen molar-refractivity contribution in [3.05, 3.63) is 16.4 Å². The SMILES string of the molecule is Cc1nn(C)c(Cl)c1CC1(CN)CCC(C(C)(C)C)CC1. The number of hydrogen-bond acceptors (Lipinski definition) is 2. The summed E-state index contributed by atoms with van der Waals surface area (Å²) in [5.41, 5.74) is 9.03. The maximum atomic E-state index is 6.41. The smallest absolute Gasteiger partial charge is 0.130 e. The lowest BCUT2D eigenvalue weighted by atomic mass is 9.62. The van der Waals surface area contributed by atoms with Gasteiger partial charge < -0.3 is 5.73 Å². The number of aryl methyl sites for hydroxylation is 2. The van der Waals surface area contributed by atoms with Gasteiger partial charge in [0, 0.05) is 12.6 Å². The Hall–Kier alpha value is -0.540. The summed E-state index contributed by atoms with van der Waals surface area (Å²) in [5, 5.41) is 5.22.